The summed E-state index contributed by atoms with van der Waals surface area (Å²) in [4.78, 5) is 11.8. The molecule has 0 saturated carbocycles. The number of carboxylic acid groups (broad SMARTS) is 1. The van der Waals surface area contributed by atoms with Crippen LogP contribution in [0.15, 0.2) is 21.9 Å². The van der Waals surface area contributed by atoms with Crippen LogP contribution in [0.2, 0.25) is 0 Å². The predicted octanol–water partition coefficient (Wildman–Crippen LogP) is 2.30. The van der Waals surface area contributed by atoms with Crippen molar-refractivity contribution in [3.63, 3.8) is 0 Å². The number of carbonyl (C=O) groups is 1. The van der Waals surface area contributed by atoms with E-state index in [2.05, 4.69) is 0 Å². The molecule has 2 aromatic heterocycles. The van der Waals surface area contributed by atoms with Crippen molar-refractivity contribution in [3.8, 4) is 11.3 Å². The van der Waals surface area contributed by atoms with Gasteiger partial charge in [0.15, 0.2) is 0 Å². The lowest BCUT2D eigenvalue weighted by Crippen LogP contribution is -2.06. The Kier molecular flexibility index (Phi) is 1.92. The molecule has 0 spiro atoms. The normalized spacial score (nSPS) is 17.9. The molecule has 1 atom stereocenters. The lowest BCUT2D eigenvalue weighted by molar-refractivity contribution is 0.0663. The summed E-state index contributed by atoms with van der Waals surface area (Å²) >= 11 is 1.54. The lowest BCUT2D eigenvalue weighted by atomic mass is 9.95. The topological polar surface area (TPSA) is 70.7 Å². The van der Waals surface area contributed by atoms with Crippen LogP contribution in [0.4, 0.5) is 0 Å². The third-order valence-corrected chi connectivity index (χ3v) is 3.64. The highest BCUT2D eigenvalue weighted by Crippen LogP contribution is 2.42. The van der Waals surface area contributed by atoms with Crippen LogP contribution in [0.3, 0.4) is 0 Å². The minimum atomic E-state index is -1.11. The van der Waals surface area contributed by atoms with E-state index in [0.717, 1.165) is 10.4 Å². The Hall–Kier alpha value is -1.59. The smallest absolute Gasteiger partial charge is 0.371 e. The van der Waals surface area contributed by atoms with E-state index in [1.165, 1.54) is 6.07 Å². The van der Waals surface area contributed by atoms with Crippen molar-refractivity contribution in [1.29, 1.82) is 0 Å². The van der Waals surface area contributed by atoms with E-state index in [1.807, 2.05) is 11.4 Å². The molecule has 4 nitrogen and oxygen atoms in total. The van der Waals surface area contributed by atoms with Crippen molar-refractivity contribution in [2.24, 2.45) is 0 Å². The highest BCUT2D eigenvalue weighted by atomic mass is 32.1. The summed E-state index contributed by atoms with van der Waals surface area (Å²) in [7, 11) is 0. The van der Waals surface area contributed by atoms with Gasteiger partial charge in [-0.3, -0.25) is 0 Å². The number of rotatable bonds is 1. The van der Waals surface area contributed by atoms with Gasteiger partial charge >= 0.3 is 5.97 Å². The fraction of sp³-hybridized carbons (Fsp3) is 0.182. The monoisotopic (exact) mass is 236 g/mol. The number of furan rings is 1. The second-order valence-corrected chi connectivity index (χ2v) is 4.68. The number of hydrogen-bond donors (Lipinski definition) is 2. The van der Waals surface area contributed by atoms with E-state index in [4.69, 9.17) is 9.52 Å². The first-order valence-corrected chi connectivity index (χ1v) is 5.66. The van der Waals surface area contributed by atoms with Crippen molar-refractivity contribution < 1.29 is 19.4 Å². The first kappa shape index (κ1) is 9.62. The lowest BCUT2D eigenvalue weighted by Gasteiger charge is -2.16. The average molecular weight is 236 g/mol. The van der Waals surface area contributed by atoms with Gasteiger partial charge in [0.05, 0.1) is 6.10 Å². The number of thiophene rings is 1. The average Bonchev–Trinajstić information content (AvgIpc) is 2.80. The molecule has 0 aromatic carbocycles. The Labute approximate surface area is 94.8 Å². The molecule has 16 heavy (non-hydrogen) atoms. The van der Waals surface area contributed by atoms with E-state index in [0.29, 0.717) is 17.7 Å². The number of aliphatic hydroxyl groups is 1. The second kappa shape index (κ2) is 3.20. The van der Waals surface area contributed by atoms with Gasteiger partial charge < -0.3 is 14.6 Å². The molecule has 2 heterocycles. The zero-order valence-corrected chi connectivity index (χ0v) is 8.95. The zero-order valence-electron chi connectivity index (χ0n) is 8.14. The molecule has 5 heteroatoms. The van der Waals surface area contributed by atoms with E-state index >= 15 is 0 Å². The van der Waals surface area contributed by atoms with Gasteiger partial charge in [0.25, 0.3) is 0 Å². The number of aromatic carboxylic acids is 1. The second-order valence-electron chi connectivity index (χ2n) is 3.68. The summed E-state index contributed by atoms with van der Waals surface area (Å²) in [6.07, 6.45) is -0.142. The molecule has 0 bridgehead atoms. The quantitative estimate of drug-likeness (QED) is 0.797. The van der Waals surface area contributed by atoms with Crippen LogP contribution in [0, 0.1) is 0 Å². The fourth-order valence-corrected chi connectivity index (χ4v) is 2.87. The third kappa shape index (κ3) is 1.22. The number of fused-ring (bicyclic) bond motifs is 3. The molecule has 0 saturated heterocycles. The highest BCUT2D eigenvalue weighted by Gasteiger charge is 2.29. The van der Waals surface area contributed by atoms with Gasteiger partial charge in [-0.2, -0.15) is 0 Å². The van der Waals surface area contributed by atoms with E-state index in [1.54, 1.807) is 11.3 Å². The molecule has 2 N–H and O–H groups in total. The summed E-state index contributed by atoms with van der Waals surface area (Å²) in [6, 6.07) is 3.29. The number of hydrogen-bond acceptors (Lipinski definition) is 4. The van der Waals surface area contributed by atoms with Crippen LogP contribution < -0.4 is 0 Å². The Bertz CT molecular complexity index is 566. The number of aliphatic hydroxyl groups excluding tert-OH is 1. The summed E-state index contributed by atoms with van der Waals surface area (Å²) in [5.74, 6) is -0.742. The van der Waals surface area contributed by atoms with E-state index in [-0.39, 0.29) is 5.76 Å². The Morgan fingerprint density at radius 1 is 1.56 bits per heavy atom. The first-order chi connectivity index (χ1) is 7.66. The summed E-state index contributed by atoms with van der Waals surface area (Å²) in [5.41, 5.74) is 1.47. The van der Waals surface area contributed by atoms with Gasteiger partial charge in [-0.25, -0.2) is 4.79 Å². The standard InChI is InChI=1S/C11H8O4S/c12-7-4-9-5(1-2-16-9)10-6(7)3-8(15-10)11(13)14/h1-3,7,12H,4H2,(H,13,14). The third-order valence-electron chi connectivity index (χ3n) is 2.70. The van der Waals surface area contributed by atoms with Crippen LogP contribution in [0.1, 0.15) is 27.1 Å². The Morgan fingerprint density at radius 3 is 3.12 bits per heavy atom. The molecule has 3 rings (SSSR count). The van der Waals surface area contributed by atoms with Gasteiger partial charge in [0.1, 0.15) is 5.76 Å². The zero-order chi connectivity index (χ0) is 11.3. The first-order valence-electron chi connectivity index (χ1n) is 4.78. The molecule has 1 aliphatic rings. The summed E-state index contributed by atoms with van der Waals surface area (Å²) in [5, 5.41) is 20.6. The van der Waals surface area contributed by atoms with Crippen LogP contribution in [-0.4, -0.2) is 16.2 Å². The maximum Gasteiger partial charge on any atom is 0.371 e. The maximum atomic E-state index is 10.8. The van der Waals surface area contributed by atoms with Crippen molar-refractivity contribution in [1.82, 2.24) is 0 Å². The molecule has 0 radical (unpaired) electrons. The van der Waals surface area contributed by atoms with Crippen molar-refractivity contribution >= 4 is 17.3 Å². The van der Waals surface area contributed by atoms with E-state index in [9.17, 15) is 9.90 Å². The molecule has 0 aliphatic heterocycles. The van der Waals surface area contributed by atoms with Gasteiger partial charge in [0, 0.05) is 22.4 Å². The van der Waals surface area contributed by atoms with Gasteiger partial charge in [-0.15, -0.1) is 11.3 Å². The Balaban J connectivity index is 2.23. The number of carboxylic acids is 1. The van der Waals surface area contributed by atoms with Crippen LogP contribution in [-0.2, 0) is 6.42 Å². The largest absolute Gasteiger partial charge is 0.475 e. The highest BCUT2D eigenvalue weighted by molar-refractivity contribution is 7.10. The molecule has 0 amide bonds. The molecule has 1 unspecified atom stereocenters. The fourth-order valence-electron chi connectivity index (χ4n) is 1.96. The summed E-state index contributed by atoms with van der Waals surface area (Å²) in [6.45, 7) is 0. The van der Waals surface area contributed by atoms with E-state index < -0.39 is 12.1 Å². The molecule has 1 aliphatic carbocycles. The van der Waals surface area contributed by atoms with Crippen molar-refractivity contribution in [3.05, 3.63) is 33.7 Å². The molecular weight excluding hydrogens is 228 g/mol. The van der Waals surface area contributed by atoms with Gasteiger partial charge in [-0.05, 0) is 17.5 Å². The Morgan fingerprint density at radius 2 is 2.38 bits per heavy atom. The van der Waals surface area contributed by atoms with Crippen LogP contribution >= 0.6 is 11.3 Å². The summed E-state index contributed by atoms with van der Waals surface area (Å²) < 4.78 is 5.27. The molecular formula is C11H8O4S. The van der Waals surface area contributed by atoms with Crippen molar-refractivity contribution in [2.75, 3.05) is 0 Å². The van der Waals surface area contributed by atoms with Gasteiger partial charge in [0.2, 0.25) is 5.76 Å². The van der Waals surface area contributed by atoms with Crippen LogP contribution in [0.25, 0.3) is 11.3 Å². The van der Waals surface area contributed by atoms with Crippen molar-refractivity contribution in [2.45, 2.75) is 12.5 Å². The minimum absolute atomic E-state index is 0.122. The predicted molar refractivity (Wildman–Crippen MR) is 57.6 cm³/mol. The molecule has 82 valence electrons. The SMILES string of the molecule is O=C(O)c1cc2c(o1)-c1ccsc1CC2O. The maximum absolute atomic E-state index is 10.8. The van der Waals surface area contributed by atoms with Crippen LogP contribution in [0.5, 0.6) is 0 Å². The van der Waals surface area contributed by atoms with Gasteiger partial charge in [-0.1, -0.05) is 0 Å². The minimum Gasteiger partial charge on any atom is -0.475 e. The molecule has 0 fully saturated rings. The molecule has 2 aromatic rings.